The van der Waals surface area contributed by atoms with Crippen LogP contribution in [0.15, 0.2) is 53.1 Å². The molecule has 0 spiro atoms. The molecule has 0 unspecified atom stereocenters. The normalized spacial score (nSPS) is 12.4. The highest BCUT2D eigenvalue weighted by Gasteiger charge is 2.04. The number of halogens is 1. The highest BCUT2D eigenvalue weighted by molar-refractivity contribution is 9.10. The van der Waals surface area contributed by atoms with E-state index in [-0.39, 0.29) is 6.04 Å². The van der Waals surface area contributed by atoms with Gasteiger partial charge in [0.1, 0.15) is 0 Å². The van der Waals surface area contributed by atoms with Crippen LogP contribution in [0, 0.1) is 0 Å². The van der Waals surface area contributed by atoms with Crippen LogP contribution >= 0.6 is 15.9 Å². The summed E-state index contributed by atoms with van der Waals surface area (Å²) >= 11 is 3.43. The van der Waals surface area contributed by atoms with E-state index in [2.05, 4.69) is 57.4 Å². The minimum absolute atomic E-state index is 0.264. The molecule has 0 bridgehead atoms. The zero-order valence-electron chi connectivity index (χ0n) is 9.73. The molecule has 3 heteroatoms. The third kappa shape index (κ3) is 3.65. The van der Waals surface area contributed by atoms with Crippen LogP contribution in [0.1, 0.15) is 24.2 Å². The van der Waals surface area contributed by atoms with Gasteiger partial charge in [0.05, 0.1) is 5.69 Å². The van der Waals surface area contributed by atoms with Crippen molar-refractivity contribution in [2.75, 3.05) is 0 Å². The van der Waals surface area contributed by atoms with Gasteiger partial charge in [0.25, 0.3) is 0 Å². The van der Waals surface area contributed by atoms with Crippen molar-refractivity contribution in [1.82, 2.24) is 10.3 Å². The molecule has 88 valence electrons. The van der Waals surface area contributed by atoms with Gasteiger partial charge in [-0.15, -0.1) is 0 Å². The van der Waals surface area contributed by atoms with Crippen LogP contribution in [-0.4, -0.2) is 4.98 Å². The van der Waals surface area contributed by atoms with E-state index in [0.717, 1.165) is 16.7 Å². The van der Waals surface area contributed by atoms with Crippen molar-refractivity contribution >= 4 is 15.9 Å². The average molecular weight is 291 g/mol. The van der Waals surface area contributed by atoms with E-state index in [1.165, 1.54) is 5.56 Å². The number of hydrogen-bond acceptors (Lipinski definition) is 2. The molecule has 0 saturated carbocycles. The number of benzene rings is 1. The molecule has 2 rings (SSSR count). The number of nitrogens with zero attached hydrogens (tertiary/aromatic N) is 1. The first kappa shape index (κ1) is 12.3. The van der Waals surface area contributed by atoms with Crippen LogP contribution < -0.4 is 5.32 Å². The maximum absolute atomic E-state index is 4.34. The predicted octanol–water partition coefficient (Wildman–Crippen LogP) is 3.69. The van der Waals surface area contributed by atoms with Gasteiger partial charge in [-0.2, -0.15) is 0 Å². The molecule has 2 nitrogen and oxygen atoms in total. The van der Waals surface area contributed by atoms with Gasteiger partial charge in [-0.05, 0) is 36.8 Å². The van der Waals surface area contributed by atoms with E-state index in [9.17, 15) is 0 Å². The van der Waals surface area contributed by atoms with Crippen LogP contribution in [0.2, 0.25) is 0 Å². The van der Waals surface area contributed by atoms with Gasteiger partial charge in [-0.3, -0.25) is 4.98 Å². The van der Waals surface area contributed by atoms with E-state index >= 15 is 0 Å². The summed E-state index contributed by atoms with van der Waals surface area (Å²) in [6, 6.07) is 14.6. The van der Waals surface area contributed by atoms with E-state index in [1.54, 1.807) is 0 Å². The predicted molar refractivity (Wildman–Crippen MR) is 73.6 cm³/mol. The number of aromatic nitrogens is 1. The molecular weight excluding hydrogens is 276 g/mol. The van der Waals surface area contributed by atoms with Crippen molar-refractivity contribution in [1.29, 1.82) is 0 Å². The molecule has 0 fully saturated rings. The van der Waals surface area contributed by atoms with Crippen molar-refractivity contribution in [3.05, 3.63) is 64.4 Å². The third-order valence-corrected chi connectivity index (χ3v) is 3.19. The molecule has 2 aromatic rings. The molecule has 0 aliphatic carbocycles. The molecule has 0 amide bonds. The van der Waals surface area contributed by atoms with Gasteiger partial charge >= 0.3 is 0 Å². The fraction of sp³-hybridized carbons (Fsp3) is 0.214. The number of hydrogen-bond donors (Lipinski definition) is 1. The van der Waals surface area contributed by atoms with Crippen LogP contribution in [0.4, 0.5) is 0 Å². The second kappa shape index (κ2) is 5.94. The number of nitrogens with one attached hydrogen (secondary N) is 1. The van der Waals surface area contributed by atoms with Crippen LogP contribution in [0.25, 0.3) is 0 Å². The molecule has 0 aliphatic heterocycles. The first-order valence-electron chi connectivity index (χ1n) is 5.64. The monoisotopic (exact) mass is 290 g/mol. The Bertz CT molecular complexity index is 453. The lowest BCUT2D eigenvalue weighted by Gasteiger charge is -2.13. The van der Waals surface area contributed by atoms with Crippen molar-refractivity contribution in [2.24, 2.45) is 0 Å². The van der Waals surface area contributed by atoms with Crippen molar-refractivity contribution in [3.8, 4) is 0 Å². The maximum atomic E-state index is 4.34. The fourth-order valence-corrected chi connectivity index (χ4v) is 1.87. The second-order valence-corrected chi connectivity index (χ2v) is 4.90. The maximum Gasteiger partial charge on any atom is 0.0570 e. The van der Waals surface area contributed by atoms with E-state index in [0.29, 0.717) is 0 Å². The molecule has 0 saturated heterocycles. The number of pyridine rings is 1. The largest absolute Gasteiger partial charge is 0.305 e. The van der Waals surface area contributed by atoms with Crippen LogP contribution in [0.5, 0.6) is 0 Å². The minimum atomic E-state index is 0.264. The minimum Gasteiger partial charge on any atom is -0.305 e. The highest BCUT2D eigenvalue weighted by Crippen LogP contribution is 2.12. The van der Waals surface area contributed by atoms with Gasteiger partial charge in [0.15, 0.2) is 0 Å². The van der Waals surface area contributed by atoms with Gasteiger partial charge in [-0.1, -0.05) is 34.1 Å². The smallest absolute Gasteiger partial charge is 0.0570 e. The van der Waals surface area contributed by atoms with Crippen molar-refractivity contribution in [2.45, 2.75) is 19.5 Å². The molecule has 17 heavy (non-hydrogen) atoms. The quantitative estimate of drug-likeness (QED) is 0.929. The Hall–Kier alpha value is -1.19. The molecule has 1 atom stereocenters. The summed E-state index contributed by atoms with van der Waals surface area (Å²) in [6.45, 7) is 2.98. The Labute approximate surface area is 110 Å². The third-order valence-electron chi connectivity index (χ3n) is 2.66. The summed E-state index contributed by atoms with van der Waals surface area (Å²) in [5, 5.41) is 3.46. The molecule has 1 heterocycles. The first-order chi connectivity index (χ1) is 8.25. The van der Waals surface area contributed by atoms with E-state index in [1.807, 2.05) is 24.4 Å². The summed E-state index contributed by atoms with van der Waals surface area (Å²) < 4.78 is 1.11. The highest BCUT2D eigenvalue weighted by atomic mass is 79.9. The zero-order chi connectivity index (χ0) is 12.1. The van der Waals surface area contributed by atoms with Crippen molar-refractivity contribution < 1.29 is 0 Å². The zero-order valence-corrected chi connectivity index (χ0v) is 11.3. The Morgan fingerprint density at radius 2 is 1.94 bits per heavy atom. The summed E-state index contributed by atoms with van der Waals surface area (Å²) in [6.07, 6.45) is 1.83. The summed E-state index contributed by atoms with van der Waals surface area (Å²) in [5.41, 5.74) is 2.35. The molecule has 0 radical (unpaired) electrons. The SMILES string of the molecule is C[C@@H](NCc1ccc(Br)cc1)c1ccccn1. The Kier molecular flexibility index (Phi) is 4.29. The van der Waals surface area contributed by atoms with Crippen LogP contribution in [0.3, 0.4) is 0 Å². The summed E-state index contributed by atoms with van der Waals surface area (Å²) in [7, 11) is 0. The first-order valence-corrected chi connectivity index (χ1v) is 6.44. The Morgan fingerprint density at radius 3 is 2.59 bits per heavy atom. The number of rotatable bonds is 4. The molecule has 0 aliphatic rings. The lowest BCUT2D eigenvalue weighted by molar-refractivity contribution is 0.561. The van der Waals surface area contributed by atoms with Gasteiger partial charge in [0.2, 0.25) is 0 Å². The Morgan fingerprint density at radius 1 is 1.18 bits per heavy atom. The van der Waals surface area contributed by atoms with Crippen LogP contribution in [-0.2, 0) is 6.54 Å². The summed E-state index contributed by atoms with van der Waals surface area (Å²) in [5.74, 6) is 0. The van der Waals surface area contributed by atoms with Gasteiger partial charge in [0, 0.05) is 23.3 Å². The molecular formula is C14H15BrN2. The Balaban J connectivity index is 1.92. The lowest BCUT2D eigenvalue weighted by Crippen LogP contribution is -2.18. The fourth-order valence-electron chi connectivity index (χ4n) is 1.61. The molecule has 1 aromatic heterocycles. The second-order valence-electron chi connectivity index (χ2n) is 3.98. The van der Waals surface area contributed by atoms with Gasteiger partial charge in [-0.25, -0.2) is 0 Å². The summed E-state index contributed by atoms with van der Waals surface area (Å²) in [4.78, 5) is 4.34. The van der Waals surface area contributed by atoms with E-state index in [4.69, 9.17) is 0 Å². The van der Waals surface area contributed by atoms with Gasteiger partial charge < -0.3 is 5.32 Å². The van der Waals surface area contributed by atoms with Crippen molar-refractivity contribution in [3.63, 3.8) is 0 Å². The average Bonchev–Trinajstić information content (AvgIpc) is 2.39. The van der Waals surface area contributed by atoms with E-state index < -0.39 is 0 Å². The topological polar surface area (TPSA) is 24.9 Å². The lowest BCUT2D eigenvalue weighted by atomic mass is 10.2. The standard InChI is InChI=1S/C14H15BrN2/c1-11(14-4-2-3-9-16-14)17-10-12-5-7-13(15)8-6-12/h2-9,11,17H,10H2,1H3/t11-/m1/s1. The molecule has 1 aromatic carbocycles. The molecule has 1 N–H and O–H groups in total.